The van der Waals surface area contributed by atoms with Crippen molar-refractivity contribution in [2.75, 3.05) is 7.05 Å². The van der Waals surface area contributed by atoms with E-state index in [1.165, 1.54) is 10.5 Å². The Labute approximate surface area is 126 Å². The number of unbranched alkanes of at least 4 members (excludes halogenated alkanes) is 1. The average Bonchev–Trinajstić information content (AvgIpc) is 2.52. The standard InChI is InChI=1S/C17H24N2O2/c1-3-4-10-14(13-8-6-5-7-9-13)18-15-11-12-16(20)19(2)17(15)21/h5-9,14-15,18H,3-4,10-12H2,1-2H3. The zero-order chi connectivity index (χ0) is 15.2. The van der Waals surface area contributed by atoms with Gasteiger partial charge >= 0.3 is 0 Å². The highest BCUT2D eigenvalue weighted by atomic mass is 16.2. The molecule has 1 saturated heterocycles. The van der Waals surface area contributed by atoms with Gasteiger partial charge < -0.3 is 0 Å². The summed E-state index contributed by atoms with van der Waals surface area (Å²) >= 11 is 0. The summed E-state index contributed by atoms with van der Waals surface area (Å²) in [5.74, 6) is -0.188. The van der Waals surface area contributed by atoms with Crippen LogP contribution in [-0.4, -0.2) is 29.8 Å². The van der Waals surface area contributed by atoms with Crippen molar-refractivity contribution in [3.8, 4) is 0 Å². The molecule has 2 rings (SSSR count). The van der Waals surface area contributed by atoms with Crippen molar-refractivity contribution in [1.82, 2.24) is 10.2 Å². The maximum atomic E-state index is 12.2. The molecule has 0 radical (unpaired) electrons. The fourth-order valence-electron chi connectivity index (χ4n) is 2.75. The third-order valence-corrected chi connectivity index (χ3v) is 4.10. The molecule has 0 aromatic heterocycles. The van der Waals surface area contributed by atoms with Gasteiger partial charge in [-0.3, -0.25) is 19.8 Å². The van der Waals surface area contributed by atoms with Crippen LogP contribution < -0.4 is 5.32 Å². The van der Waals surface area contributed by atoms with Gasteiger partial charge in [-0.2, -0.15) is 0 Å². The lowest BCUT2D eigenvalue weighted by molar-refractivity contribution is -0.148. The summed E-state index contributed by atoms with van der Waals surface area (Å²) in [5.41, 5.74) is 1.21. The van der Waals surface area contributed by atoms with Gasteiger partial charge in [0.15, 0.2) is 0 Å². The van der Waals surface area contributed by atoms with Crippen molar-refractivity contribution in [2.45, 2.75) is 51.1 Å². The maximum Gasteiger partial charge on any atom is 0.246 e. The van der Waals surface area contributed by atoms with E-state index in [0.29, 0.717) is 12.8 Å². The fraction of sp³-hybridized carbons (Fsp3) is 0.529. The van der Waals surface area contributed by atoms with Gasteiger partial charge in [0, 0.05) is 19.5 Å². The van der Waals surface area contributed by atoms with E-state index in [9.17, 15) is 9.59 Å². The SMILES string of the molecule is CCCCC(NC1CCC(=O)N(C)C1=O)c1ccccc1. The minimum absolute atomic E-state index is 0.0807. The number of benzene rings is 1. The van der Waals surface area contributed by atoms with Crippen molar-refractivity contribution < 1.29 is 9.59 Å². The number of hydrogen-bond donors (Lipinski definition) is 1. The van der Waals surface area contributed by atoms with Crippen LogP contribution >= 0.6 is 0 Å². The van der Waals surface area contributed by atoms with E-state index in [4.69, 9.17) is 0 Å². The first-order valence-electron chi connectivity index (χ1n) is 7.75. The number of hydrogen-bond acceptors (Lipinski definition) is 3. The molecule has 2 unspecified atom stereocenters. The van der Waals surface area contributed by atoms with Crippen LogP contribution in [0.15, 0.2) is 30.3 Å². The Morgan fingerprint density at radius 3 is 2.67 bits per heavy atom. The van der Waals surface area contributed by atoms with Crippen LogP contribution in [0, 0.1) is 0 Å². The van der Waals surface area contributed by atoms with Crippen molar-refractivity contribution in [1.29, 1.82) is 0 Å². The second kappa shape index (κ2) is 7.36. The lowest BCUT2D eigenvalue weighted by Crippen LogP contribution is -2.52. The van der Waals surface area contributed by atoms with E-state index in [1.807, 2.05) is 18.2 Å². The monoisotopic (exact) mass is 288 g/mol. The summed E-state index contributed by atoms with van der Waals surface area (Å²) in [4.78, 5) is 25.0. The van der Waals surface area contributed by atoms with E-state index in [0.717, 1.165) is 19.3 Å². The number of nitrogens with zero attached hydrogens (tertiary/aromatic N) is 1. The molecule has 2 atom stereocenters. The Balaban J connectivity index is 2.08. The average molecular weight is 288 g/mol. The smallest absolute Gasteiger partial charge is 0.246 e. The molecule has 0 bridgehead atoms. The molecule has 4 nitrogen and oxygen atoms in total. The van der Waals surface area contributed by atoms with Gasteiger partial charge in [0.25, 0.3) is 0 Å². The molecule has 1 heterocycles. The zero-order valence-corrected chi connectivity index (χ0v) is 12.8. The number of carbonyl (C=O) groups is 2. The lowest BCUT2D eigenvalue weighted by Gasteiger charge is -2.31. The molecule has 4 heteroatoms. The number of nitrogens with one attached hydrogen (secondary N) is 1. The quantitative estimate of drug-likeness (QED) is 0.819. The summed E-state index contributed by atoms with van der Waals surface area (Å²) in [5, 5.41) is 3.46. The molecule has 2 amide bonds. The predicted octanol–water partition coefficient (Wildman–Crippen LogP) is 2.65. The Bertz CT molecular complexity index is 487. The lowest BCUT2D eigenvalue weighted by atomic mass is 9.97. The molecule has 0 spiro atoms. The summed E-state index contributed by atoms with van der Waals surface area (Å²) in [6.45, 7) is 2.17. The summed E-state index contributed by atoms with van der Waals surface area (Å²) < 4.78 is 0. The Morgan fingerprint density at radius 2 is 2.00 bits per heavy atom. The highest BCUT2D eigenvalue weighted by molar-refractivity contribution is 6.00. The Hall–Kier alpha value is -1.68. The van der Waals surface area contributed by atoms with E-state index in [-0.39, 0.29) is 23.9 Å². The predicted molar refractivity (Wildman–Crippen MR) is 82.6 cm³/mol. The van der Waals surface area contributed by atoms with Gasteiger partial charge in [-0.15, -0.1) is 0 Å². The molecule has 0 aliphatic carbocycles. The molecule has 114 valence electrons. The van der Waals surface area contributed by atoms with E-state index in [1.54, 1.807) is 7.05 Å². The molecule has 1 N–H and O–H groups in total. The largest absolute Gasteiger partial charge is 0.299 e. The highest BCUT2D eigenvalue weighted by Crippen LogP contribution is 2.22. The summed E-state index contributed by atoms with van der Waals surface area (Å²) in [6.07, 6.45) is 4.28. The fourth-order valence-corrected chi connectivity index (χ4v) is 2.75. The highest BCUT2D eigenvalue weighted by Gasteiger charge is 2.33. The van der Waals surface area contributed by atoms with Crippen molar-refractivity contribution >= 4 is 11.8 Å². The van der Waals surface area contributed by atoms with Crippen molar-refractivity contribution in [2.24, 2.45) is 0 Å². The Kier molecular flexibility index (Phi) is 5.51. The van der Waals surface area contributed by atoms with Crippen LogP contribution in [0.25, 0.3) is 0 Å². The number of piperidine rings is 1. The third-order valence-electron chi connectivity index (χ3n) is 4.10. The summed E-state index contributed by atoms with van der Waals surface area (Å²) in [7, 11) is 1.57. The minimum Gasteiger partial charge on any atom is -0.299 e. The number of carbonyl (C=O) groups excluding carboxylic acids is 2. The molecule has 1 fully saturated rings. The van der Waals surface area contributed by atoms with Crippen LogP contribution in [0.1, 0.15) is 50.6 Å². The molecule has 1 aromatic carbocycles. The number of likely N-dealkylation sites (N-methyl/N-ethyl adjacent to an activating group) is 1. The third kappa shape index (κ3) is 3.91. The topological polar surface area (TPSA) is 49.4 Å². The van der Waals surface area contributed by atoms with Gasteiger partial charge in [-0.05, 0) is 18.4 Å². The van der Waals surface area contributed by atoms with E-state index >= 15 is 0 Å². The minimum atomic E-state index is -0.255. The second-order valence-electron chi connectivity index (χ2n) is 5.65. The first kappa shape index (κ1) is 15.7. The van der Waals surface area contributed by atoms with E-state index in [2.05, 4.69) is 24.4 Å². The molecule has 0 saturated carbocycles. The van der Waals surface area contributed by atoms with Gasteiger partial charge in [0.2, 0.25) is 11.8 Å². The normalized spacial score (nSPS) is 20.7. The van der Waals surface area contributed by atoms with Gasteiger partial charge in [0.1, 0.15) is 0 Å². The first-order valence-corrected chi connectivity index (χ1v) is 7.75. The van der Waals surface area contributed by atoms with Crippen LogP contribution in [-0.2, 0) is 9.59 Å². The van der Waals surface area contributed by atoms with Gasteiger partial charge in [0.05, 0.1) is 6.04 Å². The number of amides is 2. The van der Waals surface area contributed by atoms with Crippen LogP contribution in [0.4, 0.5) is 0 Å². The van der Waals surface area contributed by atoms with Crippen LogP contribution in [0.2, 0.25) is 0 Å². The first-order chi connectivity index (χ1) is 10.1. The number of rotatable bonds is 6. The summed E-state index contributed by atoms with van der Waals surface area (Å²) in [6, 6.07) is 10.1. The van der Waals surface area contributed by atoms with Crippen LogP contribution in [0.3, 0.4) is 0 Å². The van der Waals surface area contributed by atoms with E-state index < -0.39 is 0 Å². The maximum absolute atomic E-state index is 12.2. The zero-order valence-electron chi connectivity index (χ0n) is 12.8. The molecule has 1 aliphatic heterocycles. The van der Waals surface area contributed by atoms with Crippen molar-refractivity contribution in [3.63, 3.8) is 0 Å². The number of imide groups is 1. The Morgan fingerprint density at radius 1 is 1.29 bits per heavy atom. The molecular formula is C17H24N2O2. The molecule has 1 aliphatic rings. The van der Waals surface area contributed by atoms with Gasteiger partial charge in [-0.25, -0.2) is 0 Å². The molecule has 1 aromatic rings. The number of likely N-dealkylation sites (tertiary alicyclic amines) is 1. The molecule has 21 heavy (non-hydrogen) atoms. The van der Waals surface area contributed by atoms with Crippen molar-refractivity contribution in [3.05, 3.63) is 35.9 Å². The van der Waals surface area contributed by atoms with Gasteiger partial charge in [-0.1, -0.05) is 50.1 Å². The molecular weight excluding hydrogens is 264 g/mol. The van der Waals surface area contributed by atoms with Crippen LogP contribution in [0.5, 0.6) is 0 Å². The second-order valence-corrected chi connectivity index (χ2v) is 5.65.